The third kappa shape index (κ3) is 13.5. The van der Waals surface area contributed by atoms with E-state index in [1.807, 2.05) is 43.3 Å². The van der Waals surface area contributed by atoms with Gasteiger partial charge in [0, 0.05) is 102 Å². The molecule has 31 nitrogen and oxygen atoms in total. The second-order valence-electron chi connectivity index (χ2n) is 33.0. The van der Waals surface area contributed by atoms with Crippen molar-refractivity contribution >= 4 is 75.4 Å². The Morgan fingerprint density at radius 3 is 0.984 bits per heavy atom. The van der Waals surface area contributed by atoms with Crippen molar-refractivity contribution in [3.63, 3.8) is 0 Å². The zero-order chi connectivity index (χ0) is 90.6. The second-order valence-corrected chi connectivity index (χ2v) is 33.0. The van der Waals surface area contributed by atoms with Gasteiger partial charge in [-0.05, 0) is 198 Å². The van der Waals surface area contributed by atoms with E-state index in [-0.39, 0.29) is 125 Å². The van der Waals surface area contributed by atoms with E-state index in [0.29, 0.717) is 39.4 Å². The normalized spacial score (nSPS) is 25.9. The summed E-state index contributed by atoms with van der Waals surface area (Å²) in [6.07, 6.45) is -4.70. The number of ketones is 6. The van der Waals surface area contributed by atoms with Crippen LogP contribution in [0.15, 0.2) is 136 Å². The zero-order valence-corrected chi connectivity index (χ0v) is 67.3. The third-order valence-electron chi connectivity index (χ3n) is 25.5. The lowest BCUT2D eigenvalue weighted by Crippen LogP contribution is -2.65. The van der Waals surface area contributed by atoms with Crippen molar-refractivity contribution in [2.24, 2.45) is 69.9 Å². The maximum Gasteiger partial charge on any atom is 0.416 e. The largest absolute Gasteiger partial charge is 0.508 e. The fourth-order valence-electron chi connectivity index (χ4n) is 19.8. The van der Waals surface area contributed by atoms with Crippen LogP contribution < -0.4 is 39.3 Å². The monoisotopic (exact) mass is 1700 g/mol. The minimum atomic E-state index is -4.57. The highest BCUT2D eigenvalue weighted by atomic mass is 19.4. The van der Waals surface area contributed by atoms with Gasteiger partial charge in [0.25, 0.3) is 17.7 Å². The fourth-order valence-corrected chi connectivity index (χ4v) is 19.8. The van der Waals surface area contributed by atoms with Gasteiger partial charge >= 0.3 is 6.18 Å². The van der Waals surface area contributed by atoms with Crippen molar-refractivity contribution in [2.75, 3.05) is 61.3 Å². The van der Waals surface area contributed by atoms with Crippen LogP contribution in [0.3, 0.4) is 0 Å². The number of hydrogen-bond donors (Lipinski definition) is 18. The molecule has 0 saturated heterocycles. The molecule has 0 aromatic heterocycles. The first-order valence-electron chi connectivity index (χ1n) is 38.6. The summed E-state index contributed by atoms with van der Waals surface area (Å²) in [5.74, 6) is -24.3. The van der Waals surface area contributed by atoms with E-state index >= 15 is 0 Å². The van der Waals surface area contributed by atoms with Gasteiger partial charge in [-0.1, -0.05) is 24.3 Å². The maximum atomic E-state index is 14.9. The standard InChI is InChI=1S/C30H34N4O7.C29H28F3N3O7.C28H27F2N3O7/c1-33(2)16-7-5-13(6-8-16)17-10-15(12-31)24(35)21-18(17)9-14-11-19-23(34(3)4)26(37)22(29(32)40)28(39)30(19,41)27(38)20(14)25(21)36;1-35(2)21-17-9-12-7-16-15(11-3-5-14(6-4-11)29(30,31)32)8-13(10-33)22(36)19(16)23(37)18(12)25(39)28(17,42)26(40)20(24(21)38)27(34)41;1-33(2)21-16-7-10-5-15-14(13-4-3-12(29)8-17(13)30)6-11(9-31)22(34)19(15)23(35)18(10)25(37)28(16,40)26(38)20(24(21)36)27(32)39/h5-8,10,14,19,23,35-36,39,41H,9,11-12,31H2,1-4H3,(H2,32,40);3-6,8,12,17,21,36-37,40,42H,7,9-10,33H2,1-2H3,(H2,34,41);3-4,6,8,10,16,21,34-35,38,40H,5,7,9,31H2,1-2H3,(H2,32,39)/t14-,19-,23-,30-;12-,17-,21+,28-;10-,16-,21-,28-/m000/s1. The van der Waals surface area contributed by atoms with Crippen LogP contribution >= 0.6 is 0 Å². The van der Waals surface area contributed by atoms with Gasteiger partial charge in [0.1, 0.15) is 80.2 Å². The topological polar surface area (TPSA) is 565 Å². The Morgan fingerprint density at radius 1 is 0.423 bits per heavy atom. The molecule has 12 atom stereocenters. The Morgan fingerprint density at radius 2 is 0.715 bits per heavy atom. The summed E-state index contributed by atoms with van der Waals surface area (Å²) in [5.41, 5.74) is 25.5. The van der Waals surface area contributed by atoms with E-state index in [1.54, 1.807) is 20.2 Å². The number of carbonyl (C=O) groups is 9. The number of anilines is 1. The minimum absolute atomic E-state index is 0.0180. The number of halogens is 5. The van der Waals surface area contributed by atoms with Gasteiger partial charge in [0.2, 0.25) is 17.3 Å². The van der Waals surface area contributed by atoms with E-state index in [0.717, 1.165) is 29.4 Å². The third-order valence-corrected chi connectivity index (χ3v) is 25.5. The first-order chi connectivity index (χ1) is 57.5. The lowest BCUT2D eigenvalue weighted by molar-refractivity contribution is -0.155. The molecular weight excluding hydrogens is 1620 g/mol. The maximum absolute atomic E-state index is 14.9. The van der Waals surface area contributed by atoms with Gasteiger partial charge in [-0.3, -0.25) is 57.9 Å². The first kappa shape index (κ1) is 88.3. The van der Waals surface area contributed by atoms with Crippen LogP contribution in [-0.2, 0) is 88.2 Å². The number of fused-ring (bicyclic) bond motifs is 9. The molecule has 6 aromatic rings. The molecule has 0 heterocycles. The van der Waals surface area contributed by atoms with Gasteiger partial charge in [-0.25, -0.2) is 8.78 Å². The number of benzene rings is 6. The Kier molecular flexibility index (Phi) is 22.6. The van der Waals surface area contributed by atoms with Gasteiger partial charge in [0.15, 0.2) is 34.2 Å². The predicted molar refractivity (Wildman–Crippen MR) is 432 cm³/mol. The molecule has 9 aliphatic carbocycles. The molecule has 15 rings (SSSR count). The molecule has 3 saturated carbocycles. The number of amides is 3. The molecule has 0 aliphatic heterocycles. The molecule has 3 amide bonds. The predicted octanol–water partition coefficient (Wildman–Crippen LogP) is 4.63. The fraction of sp³-hybridized carbons (Fsp3) is 0.345. The van der Waals surface area contributed by atoms with Gasteiger partial charge in [-0.15, -0.1) is 0 Å². The number of Topliss-reactive ketones (excluding diaryl/α,β-unsaturated/α-hetero) is 6. The number of nitrogens with zero attached hydrogens (tertiary/aromatic N) is 4. The summed E-state index contributed by atoms with van der Waals surface area (Å²) in [5, 5.41) is 136. The summed E-state index contributed by atoms with van der Waals surface area (Å²) in [6, 6.07) is 16.0. The lowest BCUT2D eigenvalue weighted by atomic mass is 9.57. The summed E-state index contributed by atoms with van der Waals surface area (Å²) >= 11 is 0. The van der Waals surface area contributed by atoms with Gasteiger partial charge in [0.05, 0.1) is 40.4 Å². The Balaban J connectivity index is 0.000000159. The first-order valence-corrected chi connectivity index (χ1v) is 38.6. The molecule has 648 valence electrons. The van der Waals surface area contributed by atoms with Crippen molar-refractivity contribution in [3.8, 4) is 50.6 Å². The highest BCUT2D eigenvalue weighted by molar-refractivity contribution is 6.27. The molecule has 0 bridgehead atoms. The molecule has 36 heteroatoms. The molecular formula is C87H89F5N10O21. The quantitative estimate of drug-likeness (QED) is 0.0553. The smallest absolute Gasteiger partial charge is 0.416 e. The van der Waals surface area contributed by atoms with Crippen molar-refractivity contribution < 1.29 is 126 Å². The Bertz CT molecular complexity index is 5870. The number of hydrogen-bond acceptors (Lipinski definition) is 28. The number of rotatable bonds is 13. The second kappa shape index (κ2) is 31.4. The molecule has 0 spiro atoms. The molecule has 24 N–H and O–H groups in total. The number of phenolic OH excluding ortho intramolecular Hbond substituents is 3. The molecule has 6 aromatic carbocycles. The number of phenols is 3. The van der Waals surface area contributed by atoms with E-state index < -0.39 is 209 Å². The Hall–Kier alpha value is -12.5. The van der Waals surface area contributed by atoms with Crippen molar-refractivity contribution in [2.45, 2.75) is 99.3 Å². The van der Waals surface area contributed by atoms with E-state index in [9.17, 15) is 126 Å². The SMILES string of the molecule is CN(C)[C@@H]1C(=O)C(C(N)=O)=C(O)[C@@]2(O)C(=O)C3=C(O)c4c(O)c(CN)cc(-c5ccc(F)cc5F)c4C[C@H]3C[C@@H]12.CN(C)[C@H]1C(=O)C(C(N)=O)=C(O)[C@@]2(O)C(=O)C3=C(O)c4c(O)c(CN)cc(-c5ccc(C(F)(F)F)cc5)c4C[C@H]3C[C@@H]12.CN(C)c1ccc(-c2cc(CN)c(O)c3c2C[C@H]2C[C@H]4[C@H](N(C)C)C(=O)C(C(N)=O)=C(O)[C@@]4(O)C(=O)C2=C3O)cc1. The van der Waals surface area contributed by atoms with Gasteiger partial charge in [-0.2, -0.15) is 13.2 Å². The number of carbonyl (C=O) groups excluding carboxylic acids is 9. The van der Waals surface area contributed by atoms with Gasteiger partial charge < -0.3 is 101 Å². The highest BCUT2D eigenvalue weighted by Gasteiger charge is 2.68. The number of primary amides is 3. The van der Waals surface area contributed by atoms with Crippen LogP contribution in [0.5, 0.6) is 17.2 Å². The summed E-state index contributed by atoms with van der Waals surface area (Å²) < 4.78 is 68.2. The van der Waals surface area contributed by atoms with Crippen LogP contribution in [0.25, 0.3) is 50.7 Å². The number of nitrogens with two attached hydrogens (primary N) is 6. The van der Waals surface area contributed by atoms with E-state index in [1.165, 1.54) is 73.2 Å². The molecule has 3 fully saturated rings. The highest BCUT2D eigenvalue weighted by Crippen LogP contribution is 2.59. The summed E-state index contributed by atoms with van der Waals surface area (Å²) in [7, 11) is 12.9. The van der Waals surface area contributed by atoms with Crippen LogP contribution in [0, 0.1) is 47.1 Å². The van der Waals surface area contributed by atoms with Crippen LogP contribution in [-0.4, -0.2) is 220 Å². The van der Waals surface area contributed by atoms with Crippen LogP contribution in [0.4, 0.5) is 27.6 Å². The molecule has 123 heavy (non-hydrogen) atoms. The average Bonchev–Trinajstić information content (AvgIpc) is 0.704. The van der Waals surface area contributed by atoms with Crippen LogP contribution in [0.1, 0.15) is 74.9 Å². The number of likely N-dealkylation sites (N-methyl/N-ethyl adjacent to an activating group) is 3. The number of aliphatic hydroxyl groups excluding tert-OH is 6. The lowest BCUT2D eigenvalue weighted by Gasteiger charge is -2.50. The molecule has 0 radical (unpaired) electrons. The molecule has 9 aliphatic rings. The van der Waals surface area contributed by atoms with Crippen molar-refractivity contribution in [1.29, 1.82) is 0 Å². The molecule has 0 unspecified atom stereocenters. The summed E-state index contributed by atoms with van der Waals surface area (Å²) in [4.78, 5) is 124. The van der Waals surface area contributed by atoms with Crippen molar-refractivity contribution in [3.05, 3.63) is 203 Å². The number of alkyl halides is 3. The average molecular weight is 1710 g/mol. The number of aromatic hydroxyl groups is 3. The van der Waals surface area contributed by atoms with Crippen molar-refractivity contribution in [1.82, 2.24) is 14.7 Å². The number of aliphatic hydroxyl groups is 9. The van der Waals surface area contributed by atoms with E-state index in [2.05, 4.69) is 0 Å². The van der Waals surface area contributed by atoms with E-state index in [4.69, 9.17) is 34.4 Å². The summed E-state index contributed by atoms with van der Waals surface area (Å²) in [6.45, 7) is -0.512. The zero-order valence-electron chi connectivity index (χ0n) is 67.3. The minimum Gasteiger partial charge on any atom is -0.508 e. The van der Waals surface area contributed by atoms with Crippen LogP contribution in [0.2, 0.25) is 0 Å². The Labute approximate surface area is 697 Å².